The first-order valence-electron chi connectivity index (χ1n) is 13.8. The standard InChI is InChI=1S/C30H35FN4O9S/c1-19(2)28-26(29(22-9-11-23(31)12-10-22)33-30(32-28)34(3)45(4,41)42)14-13-24(36)15-25(37)16-27(38)43-17-20-5-7-21(8-6-20)18-44-35(39)40/h5-14,19,24-25,36-37H,15-18H2,1-4H3/b14-13+/t24-,25-/m1/s1. The van der Waals surface area contributed by atoms with E-state index in [0.717, 1.165) is 10.6 Å². The van der Waals surface area contributed by atoms with Crippen molar-refractivity contribution in [1.82, 2.24) is 9.97 Å². The number of carbonyl (C=O) groups is 1. The van der Waals surface area contributed by atoms with E-state index in [1.807, 2.05) is 13.8 Å². The minimum atomic E-state index is -3.69. The number of benzene rings is 2. The van der Waals surface area contributed by atoms with E-state index in [9.17, 15) is 37.9 Å². The number of anilines is 1. The van der Waals surface area contributed by atoms with Crippen molar-refractivity contribution >= 4 is 28.0 Å². The molecule has 0 aliphatic carbocycles. The summed E-state index contributed by atoms with van der Waals surface area (Å²) in [7, 11) is -2.37. The third-order valence-corrected chi connectivity index (χ3v) is 7.73. The lowest BCUT2D eigenvalue weighted by Crippen LogP contribution is -2.27. The molecule has 0 saturated carbocycles. The second-order valence-corrected chi connectivity index (χ2v) is 12.6. The number of nitrogens with zero attached hydrogens (tertiary/aromatic N) is 4. The van der Waals surface area contributed by atoms with Crippen LogP contribution in [-0.4, -0.2) is 65.2 Å². The lowest BCUT2D eigenvalue weighted by molar-refractivity contribution is -0.763. The van der Waals surface area contributed by atoms with Gasteiger partial charge in [-0.1, -0.05) is 50.3 Å². The predicted molar refractivity (Wildman–Crippen MR) is 163 cm³/mol. The molecule has 2 N–H and O–H groups in total. The molecular weight excluding hydrogens is 611 g/mol. The summed E-state index contributed by atoms with van der Waals surface area (Å²) in [5.74, 6) is -1.45. The summed E-state index contributed by atoms with van der Waals surface area (Å²) in [6, 6.07) is 11.9. The van der Waals surface area contributed by atoms with Crippen LogP contribution >= 0.6 is 0 Å². The average molecular weight is 647 g/mol. The second-order valence-electron chi connectivity index (χ2n) is 10.6. The first-order chi connectivity index (χ1) is 21.1. The number of hydrogen-bond acceptors (Lipinski definition) is 11. The van der Waals surface area contributed by atoms with Crippen LogP contribution in [0.5, 0.6) is 0 Å². The topological polar surface area (TPSA) is 182 Å². The average Bonchev–Trinajstić information content (AvgIpc) is 2.97. The van der Waals surface area contributed by atoms with Crippen molar-refractivity contribution in [2.45, 2.75) is 58.0 Å². The highest BCUT2D eigenvalue weighted by Gasteiger charge is 2.23. The third-order valence-electron chi connectivity index (χ3n) is 6.57. The Hall–Kier alpha value is -4.47. The number of esters is 1. The fraction of sp³-hybridized carbons (Fsp3) is 0.367. The molecule has 0 spiro atoms. The maximum absolute atomic E-state index is 13.7. The van der Waals surface area contributed by atoms with Gasteiger partial charge in [-0.2, -0.15) is 0 Å². The van der Waals surface area contributed by atoms with E-state index in [2.05, 4.69) is 14.8 Å². The van der Waals surface area contributed by atoms with E-state index in [4.69, 9.17) is 4.74 Å². The van der Waals surface area contributed by atoms with Crippen LogP contribution in [-0.2, 0) is 37.6 Å². The minimum absolute atomic E-state index is 0.0769. The van der Waals surface area contributed by atoms with Crippen molar-refractivity contribution < 1.29 is 42.5 Å². The zero-order valence-electron chi connectivity index (χ0n) is 25.2. The summed E-state index contributed by atoms with van der Waals surface area (Å²) >= 11 is 0. The third kappa shape index (κ3) is 10.6. The molecule has 0 amide bonds. The summed E-state index contributed by atoms with van der Waals surface area (Å²) in [6.45, 7) is 3.41. The Morgan fingerprint density at radius 2 is 1.67 bits per heavy atom. The highest BCUT2D eigenvalue weighted by molar-refractivity contribution is 7.92. The number of aromatic nitrogens is 2. The monoisotopic (exact) mass is 646 g/mol. The molecule has 0 aliphatic heterocycles. The summed E-state index contributed by atoms with van der Waals surface area (Å²) in [5, 5.41) is 30.5. The summed E-state index contributed by atoms with van der Waals surface area (Å²) in [6.07, 6.45) is 0.960. The molecule has 1 heterocycles. The molecule has 2 aromatic carbocycles. The lowest BCUT2D eigenvalue weighted by Gasteiger charge is -2.20. The Morgan fingerprint density at radius 1 is 1.07 bits per heavy atom. The van der Waals surface area contributed by atoms with E-state index < -0.39 is 39.1 Å². The SMILES string of the molecule is CC(C)c1nc(N(C)S(C)(=O)=O)nc(-c2ccc(F)cc2)c1/C=C/[C@@H](O)C[C@@H](O)CC(=O)OCc1ccc(CO[N+](=O)[O-])cc1. The van der Waals surface area contributed by atoms with Crippen LogP contribution in [0, 0.1) is 15.9 Å². The molecular formula is C30H35FN4O9S. The summed E-state index contributed by atoms with van der Waals surface area (Å²) in [4.78, 5) is 35.8. The predicted octanol–water partition coefficient (Wildman–Crippen LogP) is 3.77. The van der Waals surface area contributed by atoms with Gasteiger partial charge in [-0.25, -0.2) is 27.1 Å². The summed E-state index contributed by atoms with van der Waals surface area (Å²) in [5.41, 5.74) is 2.92. The van der Waals surface area contributed by atoms with Crippen LogP contribution in [0.3, 0.4) is 0 Å². The maximum atomic E-state index is 13.7. The Labute approximate surface area is 260 Å². The van der Waals surface area contributed by atoms with Crippen LogP contribution in [0.25, 0.3) is 17.3 Å². The smallest absolute Gasteiger partial charge is 0.308 e. The number of sulfonamides is 1. The Kier molecular flexibility index (Phi) is 12.1. The van der Waals surface area contributed by atoms with E-state index in [1.165, 1.54) is 37.4 Å². The first-order valence-corrected chi connectivity index (χ1v) is 15.7. The quantitative estimate of drug-likeness (QED) is 0.139. The molecule has 15 heteroatoms. The highest BCUT2D eigenvalue weighted by atomic mass is 32.2. The largest absolute Gasteiger partial charge is 0.461 e. The van der Waals surface area contributed by atoms with Crippen molar-refractivity contribution in [1.29, 1.82) is 0 Å². The number of halogens is 1. The van der Waals surface area contributed by atoms with Gasteiger partial charge < -0.3 is 19.8 Å². The maximum Gasteiger partial charge on any atom is 0.308 e. The molecule has 3 aromatic rings. The van der Waals surface area contributed by atoms with Crippen molar-refractivity contribution in [3.05, 3.63) is 92.9 Å². The lowest BCUT2D eigenvalue weighted by atomic mass is 9.97. The number of ether oxygens (including phenoxy) is 1. The van der Waals surface area contributed by atoms with Crippen molar-refractivity contribution in [3.63, 3.8) is 0 Å². The van der Waals surface area contributed by atoms with Crippen LogP contribution in [0.1, 0.15) is 55.0 Å². The minimum Gasteiger partial charge on any atom is -0.461 e. The fourth-order valence-electron chi connectivity index (χ4n) is 4.12. The number of aliphatic hydroxyl groups excluding tert-OH is 2. The molecule has 0 bridgehead atoms. The molecule has 0 saturated heterocycles. The van der Waals surface area contributed by atoms with E-state index >= 15 is 0 Å². The van der Waals surface area contributed by atoms with Gasteiger partial charge in [0.25, 0.3) is 5.09 Å². The number of carbonyl (C=O) groups excluding carboxylic acids is 1. The molecule has 0 fully saturated rings. The molecule has 13 nitrogen and oxygen atoms in total. The Bertz CT molecular complexity index is 1620. The number of hydrogen-bond donors (Lipinski definition) is 2. The molecule has 2 atom stereocenters. The number of aliphatic hydroxyl groups is 2. The van der Waals surface area contributed by atoms with Crippen molar-refractivity contribution in [3.8, 4) is 11.3 Å². The van der Waals surface area contributed by atoms with Crippen LogP contribution in [0.4, 0.5) is 10.3 Å². The molecule has 0 radical (unpaired) electrons. The van der Waals surface area contributed by atoms with Crippen LogP contribution < -0.4 is 4.31 Å². The highest BCUT2D eigenvalue weighted by Crippen LogP contribution is 2.31. The van der Waals surface area contributed by atoms with Gasteiger partial charge in [-0.3, -0.25) is 4.79 Å². The van der Waals surface area contributed by atoms with Crippen LogP contribution in [0.15, 0.2) is 54.6 Å². The van der Waals surface area contributed by atoms with Gasteiger partial charge >= 0.3 is 5.97 Å². The van der Waals surface area contributed by atoms with Gasteiger partial charge in [0.2, 0.25) is 16.0 Å². The van der Waals surface area contributed by atoms with Gasteiger partial charge in [-0.15, -0.1) is 10.1 Å². The molecule has 3 rings (SSSR count). The van der Waals surface area contributed by atoms with Gasteiger partial charge in [-0.05, 0) is 41.3 Å². The van der Waals surface area contributed by atoms with Gasteiger partial charge in [0.05, 0.1) is 36.3 Å². The second kappa shape index (κ2) is 15.5. The van der Waals surface area contributed by atoms with Crippen LogP contribution in [0.2, 0.25) is 0 Å². The fourth-order valence-corrected chi connectivity index (χ4v) is 4.50. The Morgan fingerprint density at radius 3 is 2.22 bits per heavy atom. The van der Waals surface area contributed by atoms with Crippen molar-refractivity contribution in [2.75, 3.05) is 17.6 Å². The normalized spacial score (nSPS) is 13.1. The van der Waals surface area contributed by atoms with E-state index in [0.29, 0.717) is 33.6 Å². The number of rotatable bonds is 15. The first kappa shape index (κ1) is 35.0. The van der Waals surface area contributed by atoms with E-state index in [-0.39, 0.29) is 37.9 Å². The van der Waals surface area contributed by atoms with Crippen molar-refractivity contribution in [2.24, 2.45) is 0 Å². The molecule has 0 unspecified atom stereocenters. The van der Waals surface area contributed by atoms with Gasteiger partial charge in [0, 0.05) is 24.6 Å². The molecule has 45 heavy (non-hydrogen) atoms. The zero-order chi connectivity index (χ0) is 33.3. The van der Waals surface area contributed by atoms with Gasteiger partial charge in [0.15, 0.2) is 0 Å². The molecule has 1 aromatic heterocycles. The zero-order valence-corrected chi connectivity index (χ0v) is 26.0. The summed E-state index contributed by atoms with van der Waals surface area (Å²) < 4.78 is 44.3. The van der Waals surface area contributed by atoms with Gasteiger partial charge in [0.1, 0.15) is 19.0 Å². The van der Waals surface area contributed by atoms with E-state index in [1.54, 1.807) is 30.3 Å². The molecule has 0 aliphatic rings. The molecule has 242 valence electrons. The Balaban J connectivity index is 1.71.